The van der Waals surface area contributed by atoms with Crippen LogP contribution in [0.25, 0.3) is 0 Å². The number of nitrogens with one attached hydrogen (secondary N) is 1. The minimum absolute atomic E-state index is 0.0653. The van der Waals surface area contributed by atoms with Crippen molar-refractivity contribution in [1.82, 2.24) is 20.1 Å². The maximum Gasteiger partial charge on any atom is 0.241 e. The van der Waals surface area contributed by atoms with Crippen molar-refractivity contribution < 1.29 is 9.90 Å². The molecule has 1 aliphatic carbocycles. The van der Waals surface area contributed by atoms with Gasteiger partial charge in [0.1, 0.15) is 12.9 Å². The van der Waals surface area contributed by atoms with Crippen LogP contribution < -0.4 is 11.1 Å². The van der Waals surface area contributed by atoms with E-state index < -0.39 is 5.60 Å². The first-order valence-electron chi connectivity index (χ1n) is 6.61. The molecule has 7 nitrogen and oxygen atoms in total. The molecule has 0 radical (unpaired) electrons. The summed E-state index contributed by atoms with van der Waals surface area (Å²) in [5.41, 5.74) is 4.60. The molecule has 0 aromatic carbocycles. The number of aliphatic hydroxyl groups is 1. The van der Waals surface area contributed by atoms with Crippen LogP contribution in [0.3, 0.4) is 0 Å². The lowest BCUT2D eigenvalue weighted by Crippen LogP contribution is -2.46. The van der Waals surface area contributed by atoms with E-state index in [4.69, 9.17) is 5.73 Å². The van der Waals surface area contributed by atoms with Gasteiger partial charge < -0.3 is 16.2 Å². The fraction of sp³-hybridized carbons (Fsp3) is 0.750. The smallest absolute Gasteiger partial charge is 0.241 e. The van der Waals surface area contributed by atoms with Crippen molar-refractivity contribution in [2.45, 2.75) is 44.8 Å². The van der Waals surface area contributed by atoms with Gasteiger partial charge in [0.25, 0.3) is 0 Å². The van der Waals surface area contributed by atoms with E-state index in [0.29, 0.717) is 12.5 Å². The number of nitrogen functional groups attached to an aromatic ring is 1. The summed E-state index contributed by atoms with van der Waals surface area (Å²) in [6.07, 6.45) is 5.05. The molecule has 0 bridgehead atoms. The zero-order valence-corrected chi connectivity index (χ0v) is 11.2. The number of nitrogens with two attached hydrogens (primary N) is 1. The average molecular weight is 267 g/mol. The molecule has 1 fully saturated rings. The summed E-state index contributed by atoms with van der Waals surface area (Å²) < 4.78 is 1.37. The highest BCUT2D eigenvalue weighted by Gasteiger charge is 2.32. The van der Waals surface area contributed by atoms with Crippen LogP contribution in [-0.4, -0.2) is 37.9 Å². The molecule has 0 spiro atoms. The maximum atomic E-state index is 11.7. The van der Waals surface area contributed by atoms with Crippen LogP contribution in [0.15, 0.2) is 6.33 Å². The number of carbonyl (C=O) groups is 1. The topological polar surface area (TPSA) is 106 Å². The molecule has 2 atom stereocenters. The van der Waals surface area contributed by atoms with Gasteiger partial charge in [-0.05, 0) is 18.8 Å². The minimum atomic E-state index is -0.769. The van der Waals surface area contributed by atoms with E-state index in [1.165, 1.54) is 11.0 Å². The first-order chi connectivity index (χ1) is 8.97. The zero-order chi connectivity index (χ0) is 13.9. The Morgan fingerprint density at radius 2 is 2.53 bits per heavy atom. The lowest BCUT2D eigenvalue weighted by molar-refractivity contribution is -0.123. The van der Waals surface area contributed by atoms with Crippen molar-refractivity contribution in [1.29, 1.82) is 0 Å². The molecule has 1 amide bonds. The van der Waals surface area contributed by atoms with Gasteiger partial charge >= 0.3 is 0 Å². The van der Waals surface area contributed by atoms with E-state index in [9.17, 15) is 9.90 Å². The van der Waals surface area contributed by atoms with Crippen LogP contribution in [0.2, 0.25) is 0 Å². The third kappa shape index (κ3) is 3.92. The molecule has 2 rings (SSSR count). The molecule has 1 heterocycles. The van der Waals surface area contributed by atoms with Gasteiger partial charge in [-0.25, -0.2) is 9.67 Å². The van der Waals surface area contributed by atoms with Gasteiger partial charge in [0.15, 0.2) is 0 Å². The Morgan fingerprint density at radius 3 is 3.16 bits per heavy atom. The lowest BCUT2D eigenvalue weighted by Gasteiger charge is -2.35. The molecule has 2 unspecified atom stereocenters. The van der Waals surface area contributed by atoms with Gasteiger partial charge in [-0.3, -0.25) is 4.79 Å². The van der Waals surface area contributed by atoms with Gasteiger partial charge in [-0.1, -0.05) is 19.8 Å². The third-order valence-corrected chi connectivity index (χ3v) is 3.54. The van der Waals surface area contributed by atoms with Crippen molar-refractivity contribution in [3.63, 3.8) is 0 Å². The third-order valence-electron chi connectivity index (χ3n) is 3.54. The van der Waals surface area contributed by atoms with Gasteiger partial charge in [-0.15, -0.1) is 5.10 Å². The van der Waals surface area contributed by atoms with Gasteiger partial charge in [-0.2, -0.15) is 0 Å². The molecule has 4 N–H and O–H groups in total. The van der Waals surface area contributed by atoms with Crippen molar-refractivity contribution in [2.75, 3.05) is 12.3 Å². The van der Waals surface area contributed by atoms with Gasteiger partial charge in [0.05, 0.1) is 5.60 Å². The monoisotopic (exact) mass is 267 g/mol. The van der Waals surface area contributed by atoms with E-state index in [1.807, 2.05) is 0 Å². The predicted molar refractivity (Wildman–Crippen MR) is 70.0 cm³/mol. The summed E-state index contributed by atoms with van der Waals surface area (Å²) in [7, 11) is 0. The maximum absolute atomic E-state index is 11.7. The van der Waals surface area contributed by atoms with E-state index in [2.05, 4.69) is 22.3 Å². The van der Waals surface area contributed by atoms with Crippen LogP contribution >= 0.6 is 0 Å². The Labute approximate surface area is 112 Å². The van der Waals surface area contributed by atoms with Crippen LogP contribution in [0, 0.1) is 5.92 Å². The molecule has 1 aromatic rings. The molecule has 106 valence electrons. The number of carbonyl (C=O) groups excluding carboxylic acids is 1. The summed E-state index contributed by atoms with van der Waals surface area (Å²) in [6.45, 7) is 2.49. The van der Waals surface area contributed by atoms with Crippen molar-refractivity contribution in [2.24, 2.45) is 5.92 Å². The van der Waals surface area contributed by atoms with Crippen LogP contribution in [0.4, 0.5) is 5.95 Å². The number of anilines is 1. The fourth-order valence-electron chi connectivity index (χ4n) is 2.64. The number of rotatable bonds is 4. The molecule has 1 saturated carbocycles. The summed E-state index contributed by atoms with van der Waals surface area (Å²) in [5, 5.41) is 17.0. The van der Waals surface area contributed by atoms with Gasteiger partial charge in [0, 0.05) is 6.54 Å². The molecule has 1 aliphatic rings. The normalized spacial score (nSPS) is 27.2. The Bertz CT molecular complexity index is 447. The minimum Gasteiger partial charge on any atom is -0.388 e. The number of aromatic nitrogens is 3. The van der Waals surface area contributed by atoms with E-state index >= 15 is 0 Å². The fourth-order valence-corrected chi connectivity index (χ4v) is 2.64. The second kappa shape index (κ2) is 5.56. The number of amides is 1. The molecule has 19 heavy (non-hydrogen) atoms. The quantitative estimate of drug-likeness (QED) is 0.707. The summed E-state index contributed by atoms with van der Waals surface area (Å²) in [4.78, 5) is 15.5. The Hall–Kier alpha value is -1.63. The van der Waals surface area contributed by atoms with E-state index in [0.717, 1.165) is 25.7 Å². The second-order valence-electron chi connectivity index (χ2n) is 5.50. The SMILES string of the molecule is CC1CCCC(O)(CNC(=O)Cn2cnc(N)n2)C1. The highest BCUT2D eigenvalue weighted by molar-refractivity contribution is 5.75. The lowest BCUT2D eigenvalue weighted by atomic mass is 9.79. The van der Waals surface area contributed by atoms with Crippen molar-refractivity contribution in [3.05, 3.63) is 6.33 Å². The average Bonchev–Trinajstić information content (AvgIpc) is 2.72. The van der Waals surface area contributed by atoms with E-state index in [-0.39, 0.29) is 18.4 Å². The molecular formula is C12H21N5O2. The van der Waals surface area contributed by atoms with Gasteiger partial charge in [0.2, 0.25) is 11.9 Å². The highest BCUT2D eigenvalue weighted by atomic mass is 16.3. The van der Waals surface area contributed by atoms with Crippen LogP contribution in [-0.2, 0) is 11.3 Å². The summed E-state index contributed by atoms with van der Waals surface area (Å²) in [6, 6.07) is 0. The molecular weight excluding hydrogens is 246 g/mol. The Kier molecular flexibility index (Phi) is 4.04. The summed E-state index contributed by atoms with van der Waals surface area (Å²) in [5.74, 6) is 0.454. The van der Waals surface area contributed by atoms with Crippen LogP contribution in [0.1, 0.15) is 32.6 Å². The van der Waals surface area contributed by atoms with Crippen LogP contribution in [0.5, 0.6) is 0 Å². The van der Waals surface area contributed by atoms with Crippen molar-refractivity contribution in [3.8, 4) is 0 Å². The molecule has 0 saturated heterocycles. The first-order valence-corrected chi connectivity index (χ1v) is 6.61. The summed E-state index contributed by atoms with van der Waals surface area (Å²) >= 11 is 0. The molecule has 1 aromatic heterocycles. The standard InChI is InChI=1S/C12H21N5O2/c1-9-3-2-4-12(19,5-9)7-14-10(18)6-17-8-15-11(13)16-17/h8-9,19H,2-7H2,1H3,(H2,13,16)(H,14,18). The number of nitrogens with zero attached hydrogens (tertiary/aromatic N) is 3. The predicted octanol–water partition coefficient (Wildman–Crippen LogP) is -0.0823. The Balaban J connectivity index is 1.79. The largest absolute Gasteiger partial charge is 0.388 e. The zero-order valence-electron chi connectivity index (χ0n) is 11.2. The highest BCUT2D eigenvalue weighted by Crippen LogP contribution is 2.31. The first kappa shape index (κ1) is 13.8. The number of hydrogen-bond donors (Lipinski definition) is 3. The Morgan fingerprint density at radius 1 is 1.74 bits per heavy atom. The molecule has 0 aliphatic heterocycles. The van der Waals surface area contributed by atoms with Crippen molar-refractivity contribution >= 4 is 11.9 Å². The second-order valence-corrected chi connectivity index (χ2v) is 5.50. The number of hydrogen-bond acceptors (Lipinski definition) is 5. The van der Waals surface area contributed by atoms with E-state index in [1.54, 1.807) is 0 Å². The molecule has 7 heteroatoms.